The summed E-state index contributed by atoms with van der Waals surface area (Å²) < 4.78 is 1.07. The number of anilines is 1. The van der Waals surface area contributed by atoms with Gasteiger partial charge in [0.2, 0.25) is 0 Å². The van der Waals surface area contributed by atoms with E-state index in [4.69, 9.17) is 15.7 Å². The molecule has 0 amide bonds. The van der Waals surface area contributed by atoms with Crippen LogP contribution in [0.2, 0.25) is 0 Å². The average Bonchev–Trinajstić information content (AvgIpc) is 3.55. The predicted molar refractivity (Wildman–Crippen MR) is 129 cm³/mol. The van der Waals surface area contributed by atoms with Crippen LogP contribution in [0.5, 0.6) is 0 Å². The summed E-state index contributed by atoms with van der Waals surface area (Å²) in [6.45, 7) is 0.641. The van der Waals surface area contributed by atoms with Gasteiger partial charge in [0.1, 0.15) is 5.82 Å². The third-order valence-corrected chi connectivity index (χ3v) is 6.42. The molecule has 1 aliphatic rings. The number of allylic oxidation sites excluding steroid dienone is 1. The molecule has 31 heavy (non-hydrogen) atoms. The van der Waals surface area contributed by atoms with E-state index in [2.05, 4.69) is 40.0 Å². The number of aromatic nitrogens is 3. The van der Waals surface area contributed by atoms with E-state index in [1.807, 2.05) is 30.3 Å². The van der Waals surface area contributed by atoms with Crippen molar-refractivity contribution in [2.45, 2.75) is 25.3 Å². The van der Waals surface area contributed by atoms with Crippen molar-refractivity contribution in [3.8, 4) is 11.4 Å². The summed E-state index contributed by atoms with van der Waals surface area (Å²) in [6, 6.07) is 14.2. The standard InChI is InChI=1S/C25H25N5S/c26-21(14-18-4-2-1-3-5-18)15-28-25-23-22(20(16-31-23)9-8-17-6-7-17)29-24(30-25)19-10-12-27-13-11-19/h1-5,8-13,16-17,21H,6-7,14-15,26H2,(H,28,29,30)/t21-/m0/s1. The van der Waals surface area contributed by atoms with Crippen LogP contribution in [0, 0.1) is 5.92 Å². The first-order chi connectivity index (χ1) is 15.3. The molecule has 1 atom stereocenters. The van der Waals surface area contributed by atoms with Crippen LogP contribution < -0.4 is 11.1 Å². The van der Waals surface area contributed by atoms with Gasteiger partial charge >= 0.3 is 0 Å². The van der Waals surface area contributed by atoms with Crippen LogP contribution in [-0.4, -0.2) is 27.5 Å². The second-order valence-corrected chi connectivity index (χ2v) is 8.91. The Kier molecular flexibility index (Phi) is 5.74. The van der Waals surface area contributed by atoms with Crippen molar-refractivity contribution >= 4 is 33.4 Å². The number of hydrogen-bond acceptors (Lipinski definition) is 6. The van der Waals surface area contributed by atoms with Gasteiger partial charge in [0.15, 0.2) is 5.82 Å². The summed E-state index contributed by atoms with van der Waals surface area (Å²) in [5.41, 5.74) is 10.8. The molecule has 3 N–H and O–H groups in total. The Bertz CT molecular complexity index is 1180. The van der Waals surface area contributed by atoms with Crippen LogP contribution in [0.4, 0.5) is 5.82 Å². The zero-order valence-electron chi connectivity index (χ0n) is 17.2. The van der Waals surface area contributed by atoms with Gasteiger partial charge in [-0.25, -0.2) is 9.97 Å². The molecule has 5 nitrogen and oxygen atoms in total. The molecule has 3 aromatic heterocycles. The fourth-order valence-electron chi connectivity index (χ4n) is 3.55. The molecule has 1 aromatic carbocycles. The predicted octanol–water partition coefficient (Wildman–Crippen LogP) is 5.16. The van der Waals surface area contributed by atoms with Crippen LogP contribution >= 0.6 is 11.3 Å². The molecule has 0 saturated heterocycles. The van der Waals surface area contributed by atoms with Crippen molar-refractivity contribution in [1.82, 2.24) is 15.0 Å². The highest BCUT2D eigenvalue weighted by atomic mass is 32.1. The molecule has 1 aliphatic carbocycles. The molecule has 4 aromatic rings. The number of nitrogens with zero attached hydrogens (tertiary/aromatic N) is 3. The van der Waals surface area contributed by atoms with E-state index in [0.29, 0.717) is 12.4 Å². The Labute approximate surface area is 186 Å². The maximum Gasteiger partial charge on any atom is 0.162 e. The lowest BCUT2D eigenvalue weighted by Crippen LogP contribution is -2.31. The lowest BCUT2D eigenvalue weighted by Gasteiger charge is -2.14. The van der Waals surface area contributed by atoms with Gasteiger partial charge in [0.25, 0.3) is 0 Å². The zero-order valence-corrected chi connectivity index (χ0v) is 18.1. The molecule has 0 bridgehead atoms. The zero-order chi connectivity index (χ0) is 21.0. The first-order valence-corrected chi connectivity index (χ1v) is 11.6. The van der Waals surface area contributed by atoms with Crippen LogP contribution in [0.15, 0.2) is 66.3 Å². The normalized spacial score (nSPS) is 14.9. The second kappa shape index (κ2) is 8.96. The molecule has 0 radical (unpaired) electrons. The van der Waals surface area contributed by atoms with Gasteiger partial charge in [-0.05, 0) is 42.9 Å². The first kappa shape index (κ1) is 19.8. The number of thiophene rings is 1. The third-order valence-electron chi connectivity index (χ3n) is 5.42. The van der Waals surface area contributed by atoms with E-state index in [1.54, 1.807) is 23.7 Å². The van der Waals surface area contributed by atoms with Crippen molar-refractivity contribution < 1.29 is 0 Å². The number of nitrogens with two attached hydrogens (primary N) is 1. The monoisotopic (exact) mass is 427 g/mol. The molecule has 0 aliphatic heterocycles. The van der Waals surface area contributed by atoms with Gasteiger partial charge in [0, 0.05) is 41.5 Å². The van der Waals surface area contributed by atoms with Crippen molar-refractivity contribution in [2.24, 2.45) is 11.7 Å². The number of pyridine rings is 1. The van der Waals surface area contributed by atoms with E-state index in [-0.39, 0.29) is 6.04 Å². The second-order valence-electron chi connectivity index (χ2n) is 8.03. The van der Waals surface area contributed by atoms with E-state index < -0.39 is 0 Å². The molecule has 6 heteroatoms. The van der Waals surface area contributed by atoms with E-state index >= 15 is 0 Å². The Morgan fingerprint density at radius 3 is 2.68 bits per heavy atom. The summed E-state index contributed by atoms with van der Waals surface area (Å²) in [7, 11) is 0. The smallest absolute Gasteiger partial charge is 0.162 e. The van der Waals surface area contributed by atoms with E-state index in [0.717, 1.165) is 39.5 Å². The summed E-state index contributed by atoms with van der Waals surface area (Å²) in [5, 5.41) is 5.67. The SMILES string of the molecule is N[C@H](CNc1nc(-c2ccncc2)nc2c(C=CC3CC3)csc12)Cc1ccccc1. The number of nitrogens with one attached hydrogen (secondary N) is 1. The summed E-state index contributed by atoms with van der Waals surface area (Å²) in [6.07, 6.45) is 11.5. The molecule has 5 rings (SSSR count). The molecule has 3 heterocycles. The molecule has 0 unspecified atom stereocenters. The summed E-state index contributed by atoms with van der Waals surface area (Å²) in [5.74, 6) is 2.27. The molecule has 1 fully saturated rings. The van der Waals surface area contributed by atoms with Gasteiger partial charge in [-0.1, -0.05) is 42.5 Å². The number of benzene rings is 1. The van der Waals surface area contributed by atoms with Crippen LogP contribution in [-0.2, 0) is 6.42 Å². The Balaban J connectivity index is 1.44. The fourth-order valence-corrected chi connectivity index (χ4v) is 4.49. The summed E-state index contributed by atoms with van der Waals surface area (Å²) >= 11 is 1.68. The topological polar surface area (TPSA) is 76.7 Å². The molecule has 0 spiro atoms. The van der Waals surface area contributed by atoms with Crippen molar-refractivity contribution in [1.29, 1.82) is 0 Å². The number of hydrogen-bond donors (Lipinski definition) is 2. The minimum absolute atomic E-state index is 0.00835. The minimum atomic E-state index is -0.00835. The van der Waals surface area contributed by atoms with Crippen molar-refractivity contribution in [2.75, 3.05) is 11.9 Å². The molecule has 1 saturated carbocycles. The molecule has 156 valence electrons. The lowest BCUT2D eigenvalue weighted by molar-refractivity contribution is 0.698. The summed E-state index contributed by atoms with van der Waals surface area (Å²) in [4.78, 5) is 13.9. The average molecular weight is 428 g/mol. The Hall–Kier alpha value is -3.09. The van der Waals surface area contributed by atoms with Crippen molar-refractivity contribution in [3.63, 3.8) is 0 Å². The number of fused-ring (bicyclic) bond motifs is 1. The molecular formula is C25H25N5S. The maximum atomic E-state index is 6.42. The van der Waals surface area contributed by atoms with Gasteiger partial charge < -0.3 is 11.1 Å². The van der Waals surface area contributed by atoms with Gasteiger partial charge in [-0.3, -0.25) is 4.98 Å². The fraction of sp³-hybridized carbons (Fsp3) is 0.240. The van der Waals surface area contributed by atoms with Crippen LogP contribution in [0.3, 0.4) is 0 Å². The third kappa shape index (κ3) is 4.81. The Morgan fingerprint density at radius 1 is 1.10 bits per heavy atom. The van der Waals surface area contributed by atoms with Gasteiger partial charge in [-0.15, -0.1) is 11.3 Å². The van der Waals surface area contributed by atoms with E-state index in [9.17, 15) is 0 Å². The lowest BCUT2D eigenvalue weighted by atomic mass is 10.1. The highest BCUT2D eigenvalue weighted by Gasteiger charge is 2.18. The van der Waals surface area contributed by atoms with Gasteiger partial charge in [0.05, 0.1) is 10.2 Å². The van der Waals surface area contributed by atoms with E-state index in [1.165, 1.54) is 18.4 Å². The van der Waals surface area contributed by atoms with Crippen LogP contribution in [0.1, 0.15) is 24.0 Å². The Morgan fingerprint density at radius 2 is 1.90 bits per heavy atom. The van der Waals surface area contributed by atoms with Gasteiger partial charge in [-0.2, -0.15) is 0 Å². The largest absolute Gasteiger partial charge is 0.367 e. The highest BCUT2D eigenvalue weighted by Crippen LogP contribution is 2.35. The quantitative estimate of drug-likeness (QED) is 0.406. The maximum absolute atomic E-state index is 6.42. The van der Waals surface area contributed by atoms with Crippen molar-refractivity contribution in [3.05, 3.63) is 77.4 Å². The first-order valence-electron chi connectivity index (χ1n) is 10.7. The molecular weight excluding hydrogens is 402 g/mol. The highest BCUT2D eigenvalue weighted by molar-refractivity contribution is 7.18. The minimum Gasteiger partial charge on any atom is -0.367 e. The number of rotatable bonds is 8. The van der Waals surface area contributed by atoms with Crippen LogP contribution in [0.25, 0.3) is 27.7 Å².